The molecule has 0 radical (unpaired) electrons. The zero-order valence-electron chi connectivity index (χ0n) is 10.4. The predicted octanol–water partition coefficient (Wildman–Crippen LogP) is 2.47. The molecule has 104 valence electrons. The summed E-state index contributed by atoms with van der Waals surface area (Å²) in [6.45, 7) is 0.107. The van der Waals surface area contributed by atoms with E-state index in [1.165, 1.54) is 12.4 Å². The molecule has 2 aromatic rings. The van der Waals surface area contributed by atoms with Crippen molar-refractivity contribution < 1.29 is 18.0 Å². The largest absolute Gasteiger partial charge is 0.352 e. The van der Waals surface area contributed by atoms with Crippen LogP contribution in [0.15, 0.2) is 36.7 Å². The molecular weight excluding hydrogens is 269 g/mol. The van der Waals surface area contributed by atoms with Gasteiger partial charge in [0.15, 0.2) is 11.6 Å². The van der Waals surface area contributed by atoms with Gasteiger partial charge in [0.25, 0.3) is 5.91 Å². The van der Waals surface area contributed by atoms with Crippen molar-refractivity contribution in [1.82, 2.24) is 10.3 Å². The summed E-state index contributed by atoms with van der Waals surface area (Å²) in [5, 5.41) is 2.55. The number of halogens is 3. The van der Waals surface area contributed by atoms with Crippen LogP contribution in [0, 0.1) is 17.5 Å². The molecule has 0 saturated carbocycles. The summed E-state index contributed by atoms with van der Waals surface area (Å²) < 4.78 is 39.1. The van der Waals surface area contributed by atoms with Crippen molar-refractivity contribution in [3.63, 3.8) is 0 Å². The van der Waals surface area contributed by atoms with Crippen molar-refractivity contribution in [1.29, 1.82) is 0 Å². The van der Waals surface area contributed by atoms with E-state index < -0.39 is 17.5 Å². The van der Waals surface area contributed by atoms with Gasteiger partial charge in [-0.05, 0) is 30.2 Å². The van der Waals surface area contributed by atoms with E-state index in [2.05, 4.69) is 10.3 Å². The SMILES string of the molecule is O=C(NCCc1cc(F)c(F)cc1F)c1cccnc1. The maximum atomic E-state index is 13.3. The second-order valence-electron chi connectivity index (χ2n) is 4.11. The number of hydrogen-bond acceptors (Lipinski definition) is 2. The van der Waals surface area contributed by atoms with E-state index in [9.17, 15) is 18.0 Å². The van der Waals surface area contributed by atoms with Gasteiger partial charge in [-0.3, -0.25) is 9.78 Å². The number of nitrogens with zero attached hydrogens (tertiary/aromatic N) is 1. The quantitative estimate of drug-likeness (QED) is 0.874. The van der Waals surface area contributed by atoms with E-state index in [1.807, 2.05) is 0 Å². The van der Waals surface area contributed by atoms with Crippen LogP contribution >= 0.6 is 0 Å². The number of carbonyl (C=O) groups excluding carboxylic acids is 1. The molecule has 3 nitrogen and oxygen atoms in total. The van der Waals surface area contributed by atoms with E-state index in [0.717, 1.165) is 6.07 Å². The standard InChI is InChI=1S/C14H11F3N2O/c15-11-7-13(17)12(16)6-9(11)3-5-19-14(20)10-2-1-4-18-8-10/h1-2,4,6-8H,3,5H2,(H,19,20). The number of hydrogen-bond donors (Lipinski definition) is 1. The molecule has 1 amide bonds. The molecule has 1 aromatic heterocycles. The summed E-state index contributed by atoms with van der Waals surface area (Å²) >= 11 is 0. The van der Waals surface area contributed by atoms with Crippen molar-refractivity contribution >= 4 is 5.91 Å². The summed E-state index contributed by atoms with van der Waals surface area (Å²) in [6.07, 6.45) is 3.00. The average Bonchev–Trinajstić information content (AvgIpc) is 2.45. The zero-order chi connectivity index (χ0) is 14.5. The summed E-state index contributed by atoms with van der Waals surface area (Å²) in [5.74, 6) is -3.54. The third-order valence-corrected chi connectivity index (χ3v) is 2.69. The molecule has 0 aliphatic rings. The highest BCUT2D eigenvalue weighted by molar-refractivity contribution is 5.93. The zero-order valence-corrected chi connectivity index (χ0v) is 10.4. The Bertz CT molecular complexity index is 617. The van der Waals surface area contributed by atoms with E-state index in [0.29, 0.717) is 11.6 Å². The van der Waals surface area contributed by atoms with Crippen LogP contribution < -0.4 is 5.32 Å². The third kappa shape index (κ3) is 3.34. The molecule has 0 unspecified atom stereocenters. The Morgan fingerprint density at radius 3 is 2.60 bits per heavy atom. The van der Waals surface area contributed by atoms with Crippen molar-refractivity contribution in [3.8, 4) is 0 Å². The highest BCUT2D eigenvalue weighted by Crippen LogP contribution is 2.13. The summed E-state index contributed by atoms with van der Waals surface area (Å²) in [6, 6.07) is 4.49. The van der Waals surface area contributed by atoms with Crippen molar-refractivity contribution in [2.45, 2.75) is 6.42 Å². The molecule has 6 heteroatoms. The van der Waals surface area contributed by atoms with Gasteiger partial charge in [0.05, 0.1) is 5.56 Å². The normalized spacial score (nSPS) is 10.3. The number of amides is 1. The molecule has 0 atom stereocenters. The van der Waals surface area contributed by atoms with Gasteiger partial charge < -0.3 is 5.32 Å². The fraction of sp³-hybridized carbons (Fsp3) is 0.143. The fourth-order valence-corrected chi connectivity index (χ4v) is 1.67. The van der Waals surface area contributed by atoms with Gasteiger partial charge in [0, 0.05) is 25.0 Å². The van der Waals surface area contributed by atoms with Crippen LogP contribution in [-0.4, -0.2) is 17.4 Å². The van der Waals surface area contributed by atoms with Crippen LogP contribution in [0.3, 0.4) is 0 Å². The lowest BCUT2D eigenvalue weighted by Gasteiger charge is -2.06. The summed E-state index contributed by atoms with van der Waals surface area (Å²) in [7, 11) is 0. The Hall–Kier alpha value is -2.37. The van der Waals surface area contributed by atoms with E-state index in [4.69, 9.17) is 0 Å². The molecule has 20 heavy (non-hydrogen) atoms. The summed E-state index contributed by atoms with van der Waals surface area (Å²) in [5.41, 5.74) is 0.383. The van der Waals surface area contributed by atoms with Crippen LogP contribution in [-0.2, 0) is 6.42 Å². The monoisotopic (exact) mass is 280 g/mol. The molecule has 0 aliphatic carbocycles. The molecule has 0 spiro atoms. The minimum atomic E-state index is -1.23. The minimum Gasteiger partial charge on any atom is -0.352 e. The predicted molar refractivity (Wildman–Crippen MR) is 66.6 cm³/mol. The van der Waals surface area contributed by atoms with Gasteiger partial charge >= 0.3 is 0 Å². The lowest BCUT2D eigenvalue weighted by atomic mass is 10.1. The molecule has 1 N–H and O–H groups in total. The first-order valence-corrected chi connectivity index (χ1v) is 5.89. The smallest absolute Gasteiger partial charge is 0.252 e. The van der Waals surface area contributed by atoms with E-state index in [-0.39, 0.29) is 24.4 Å². The number of benzene rings is 1. The van der Waals surface area contributed by atoms with Gasteiger partial charge in [-0.2, -0.15) is 0 Å². The van der Waals surface area contributed by atoms with Gasteiger partial charge in [0.1, 0.15) is 5.82 Å². The molecule has 1 aromatic carbocycles. The summed E-state index contributed by atoms with van der Waals surface area (Å²) in [4.78, 5) is 15.5. The number of carbonyl (C=O) groups is 1. The number of rotatable bonds is 4. The van der Waals surface area contributed by atoms with E-state index >= 15 is 0 Å². The first-order chi connectivity index (χ1) is 9.58. The van der Waals surface area contributed by atoms with Gasteiger partial charge in [-0.1, -0.05) is 0 Å². The highest BCUT2D eigenvalue weighted by Gasteiger charge is 2.10. The molecular formula is C14H11F3N2O. The Kier molecular flexibility index (Phi) is 4.34. The number of aromatic nitrogens is 1. The van der Waals surface area contributed by atoms with Gasteiger partial charge in [-0.15, -0.1) is 0 Å². The second-order valence-corrected chi connectivity index (χ2v) is 4.11. The molecule has 2 rings (SSSR count). The first-order valence-electron chi connectivity index (χ1n) is 5.89. The second kappa shape index (κ2) is 6.18. The van der Waals surface area contributed by atoms with Crippen LogP contribution in [0.2, 0.25) is 0 Å². The van der Waals surface area contributed by atoms with Crippen molar-refractivity contribution in [3.05, 3.63) is 65.2 Å². The number of nitrogens with one attached hydrogen (secondary N) is 1. The van der Waals surface area contributed by atoms with Gasteiger partial charge in [-0.25, -0.2) is 13.2 Å². The maximum Gasteiger partial charge on any atom is 0.252 e. The Labute approximate surface area is 113 Å². The topological polar surface area (TPSA) is 42.0 Å². The average molecular weight is 280 g/mol. The highest BCUT2D eigenvalue weighted by atomic mass is 19.2. The Morgan fingerprint density at radius 2 is 1.90 bits per heavy atom. The first kappa shape index (κ1) is 14.0. The Morgan fingerprint density at radius 1 is 1.15 bits per heavy atom. The van der Waals surface area contributed by atoms with Crippen molar-refractivity contribution in [2.75, 3.05) is 6.54 Å². The van der Waals surface area contributed by atoms with E-state index in [1.54, 1.807) is 12.1 Å². The lowest BCUT2D eigenvalue weighted by molar-refractivity contribution is 0.0953. The maximum absolute atomic E-state index is 13.3. The minimum absolute atomic E-state index is 0.00962. The molecule has 1 heterocycles. The molecule has 0 saturated heterocycles. The van der Waals surface area contributed by atoms with Crippen molar-refractivity contribution in [2.24, 2.45) is 0 Å². The van der Waals surface area contributed by atoms with Crippen LogP contribution in [0.4, 0.5) is 13.2 Å². The number of pyridine rings is 1. The fourth-order valence-electron chi connectivity index (χ4n) is 1.67. The Balaban J connectivity index is 1.94. The molecule has 0 aliphatic heterocycles. The van der Waals surface area contributed by atoms with Gasteiger partial charge in [0.2, 0.25) is 0 Å². The van der Waals surface area contributed by atoms with Crippen LogP contribution in [0.5, 0.6) is 0 Å². The molecule has 0 fully saturated rings. The van der Waals surface area contributed by atoms with Crippen LogP contribution in [0.25, 0.3) is 0 Å². The lowest BCUT2D eigenvalue weighted by Crippen LogP contribution is -2.26. The van der Waals surface area contributed by atoms with Crippen LogP contribution in [0.1, 0.15) is 15.9 Å². The molecule has 0 bridgehead atoms. The third-order valence-electron chi connectivity index (χ3n) is 2.69.